The summed E-state index contributed by atoms with van der Waals surface area (Å²) < 4.78 is 16.9. The molecular formula is C22H30N3O3S+. The molecule has 0 bridgehead atoms. The number of hydrogen-bond donors (Lipinski definition) is 1. The zero-order chi connectivity index (χ0) is 20.3. The number of nitrogens with zero attached hydrogens (tertiary/aromatic N) is 2. The highest BCUT2D eigenvalue weighted by Crippen LogP contribution is 2.34. The summed E-state index contributed by atoms with van der Waals surface area (Å²) in [4.78, 5) is 11.5. The van der Waals surface area contributed by atoms with Crippen LogP contribution in [-0.2, 0) is 22.5 Å². The Morgan fingerprint density at radius 2 is 2.03 bits per heavy atom. The van der Waals surface area contributed by atoms with Crippen LogP contribution in [0.2, 0.25) is 0 Å². The minimum absolute atomic E-state index is 0.202. The van der Waals surface area contributed by atoms with Gasteiger partial charge in [0.1, 0.15) is 23.9 Å². The number of benzene rings is 1. The van der Waals surface area contributed by atoms with Gasteiger partial charge in [0.15, 0.2) is 5.82 Å². The molecule has 2 aliphatic heterocycles. The standard InChI is InChI=1S/C22H29N3O3S/c1-22(2)14-19-18(15-28-22)21(29-12-9-25-7-10-27-11-8-25)24-20(23-19)16-5-4-6-17(13-16)26-3/h4-6,13H,7-12,14-15H2,1-3H3/p+1. The molecule has 0 radical (unpaired) electrons. The van der Waals surface area contributed by atoms with E-state index in [0.29, 0.717) is 6.61 Å². The molecule has 2 aliphatic rings. The summed E-state index contributed by atoms with van der Waals surface area (Å²) in [5, 5.41) is 1.05. The Kier molecular flexibility index (Phi) is 6.39. The highest BCUT2D eigenvalue weighted by molar-refractivity contribution is 7.99. The Bertz CT molecular complexity index is 853. The summed E-state index contributed by atoms with van der Waals surface area (Å²) >= 11 is 1.82. The van der Waals surface area contributed by atoms with Gasteiger partial charge in [-0.2, -0.15) is 0 Å². The number of nitrogens with one attached hydrogen (secondary N) is 1. The SMILES string of the molecule is COc1cccc(-c2nc3c(c(SCC[NH+]4CCOCC4)n2)COC(C)(C)C3)c1. The van der Waals surface area contributed by atoms with Crippen molar-refractivity contribution < 1.29 is 19.1 Å². The molecule has 1 aromatic heterocycles. The van der Waals surface area contributed by atoms with Gasteiger partial charge in [0.05, 0.1) is 44.8 Å². The molecule has 7 heteroatoms. The topological polar surface area (TPSA) is 57.9 Å². The number of ether oxygens (including phenoxy) is 3. The summed E-state index contributed by atoms with van der Waals surface area (Å²) in [7, 11) is 1.68. The molecule has 0 atom stereocenters. The van der Waals surface area contributed by atoms with Crippen molar-refractivity contribution in [2.45, 2.75) is 37.5 Å². The number of thioether (sulfide) groups is 1. The first-order valence-electron chi connectivity index (χ1n) is 10.3. The number of aromatic nitrogens is 2. The Labute approximate surface area is 177 Å². The van der Waals surface area contributed by atoms with Gasteiger partial charge in [-0.05, 0) is 26.0 Å². The zero-order valence-electron chi connectivity index (χ0n) is 17.5. The molecule has 1 aromatic carbocycles. The fourth-order valence-electron chi connectivity index (χ4n) is 3.73. The average molecular weight is 417 g/mol. The smallest absolute Gasteiger partial charge is 0.160 e. The van der Waals surface area contributed by atoms with Crippen LogP contribution in [0.15, 0.2) is 29.3 Å². The second-order valence-corrected chi connectivity index (χ2v) is 9.28. The number of morpholine rings is 1. The van der Waals surface area contributed by atoms with E-state index in [2.05, 4.69) is 13.8 Å². The first-order valence-corrected chi connectivity index (χ1v) is 11.2. The van der Waals surface area contributed by atoms with E-state index in [1.165, 1.54) is 0 Å². The van der Waals surface area contributed by atoms with Crippen LogP contribution in [0.4, 0.5) is 0 Å². The Balaban J connectivity index is 1.59. The van der Waals surface area contributed by atoms with Crippen molar-refractivity contribution in [3.63, 3.8) is 0 Å². The fourth-order valence-corrected chi connectivity index (χ4v) is 4.82. The second kappa shape index (κ2) is 9.00. The highest BCUT2D eigenvalue weighted by Gasteiger charge is 2.30. The molecular weight excluding hydrogens is 386 g/mol. The van der Waals surface area contributed by atoms with E-state index >= 15 is 0 Å². The predicted molar refractivity (Wildman–Crippen MR) is 114 cm³/mol. The molecule has 1 saturated heterocycles. The van der Waals surface area contributed by atoms with Gasteiger partial charge in [-0.15, -0.1) is 11.8 Å². The number of fused-ring (bicyclic) bond motifs is 1. The molecule has 0 saturated carbocycles. The van der Waals surface area contributed by atoms with Crippen LogP contribution < -0.4 is 9.64 Å². The molecule has 29 heavy (non-hydrogen) atoms. The van der Waals surface area contributed by atoms with Crippen molar-refractivity contribution >= 4 is 11.8 Å². The maximum atomic E-state index is 6.08. The lowest BCUT2D eigenvalue weighted by molar-refractivity contribution is -0.905. The van der Waals surface area contributed by atoms with Gasteiger partial charge >= 0.3 is 0 Å². The quantitative estimate of drug-likeness (QED) is 0.574. The summed E-state index contributed by atoms with van der Waals surface area (Å²) in [6.45, 7) is 9.86. The molecule has 4 rings (SSSR count). The molecule has 3 heterocycles. The molecule has 0 spiro atoms. The van der Waals surface area contributed by atoms with Crippen molar-refractivity contribution in [2.24, 2.45) is 0 Å². The van der Waals surface area contributed by atoms with Gasteiger partial charge in [0.25, 0.3) is 0 Å². The predicted octanol–water partition coefficient (Wildman–Crippen LogP) is 2.01. The van der Waals surface area contributed by atoms with Crippen LogP contribution in [-0.4, -0.2) is 61.3 Å². The third-order valence-electron chi connectivity index (χ3n) is 5.48. The number of methoxy groups -OCH3 is 1. The first-order chi connectivity index (χ1) is 14.0. The van der Waals surface area contributed by atoms with Crippen molar-refractivity contribution in [3.8, 4) is 17.1 Å². The maximum Gasteiger partial charge on any atom is 0.160 e. The van der Waals surface area contributed by atoms with E-state index in [9.17, 15) is 0 Å². The van der Waals surface area contributed by atoms with Crippen LogP contribution in [0.25, 0.3) is 11.4 Å². The molecule has 0 aliphatic carbocycles. The first kappa shape index (κ1) is 20.6. The van der Waals surface area contributed by atoms with Gasteiger partial charge < -0.3 is 19.1 Å². The van der Waals surface area contributed by atoms with Crippen LogP contribution in [0.5, 0.6) is 5.75 Å². The average Bonchev–Trinajstić information content (AvgIpc) is 2.73. The van der Waals surface area contributed by atoms with Gasteiger partial charge in [0.2, 0.25) is 0 Å². The molecule has 1 N–H and O–H groups in total. The van der Waals surface area contributed by atoms with Gasteiger partial charge in [-0.3, -0.25) is 0 Å². The molecule has 0 amide bonds. The normalized spacial score (nSPS) is 19.0. The molecule has 2 aromatic rings. The summed E-state index contributed by atoms with van der Waals surface area (Å²) in [5.74, 6) is 2.61. The molecule has 156 valence electrons. The highest BCUT2D eigenvalue weighted by atomic mass is 32.2. The molecule has 0 unspecified atom stereocenters. The number of hydrogen-bond acceptors (Lipinski definition) is 6. The Morgan fingerprint density at radius 3 is 2.83 bits per heavy atom. The van der Waals surface area contributed by atoms with Crippen molar-refractivity contribution in [2.75, 3.05) is 45.7 Å². The van der Waals surface area contributed by atoms with E-state index in [1.807, 2.05) is 36.0 Å². The summed E-state index contributed by atoms with van der Waals surface area (Å²) in [5.41, 5.74) is 3.04. The summed E-state index contributed by atoms with van der Waals surface area (Å²) in [6.07, 6.45) is 0.796. The Morgan fingerprint density at radius 1 is 1.21 bits per heavy atom. The number of quaternary nitrogens is 1. The third-order valence-corrected chi connectivity index (χ3v) is 6.50. The second-order valence-electron chi connectivity index (χ2n) is 8.20. The van der Waals surface area contributed by atoms with Crippen LogP contribution in [0.1, 0.15) is 25.1 Å². The van der Waals surface area contributed by atoms with E-state index in [4.69, 9.17) is 24.2 Å². The van der Waals surface area contributed by atoms with E-state index in [-0.39, 0.29) is 5.60 Å². The van der Waals surface area contributed by atoms with Crippen molar-refractivity contribution in [3.05, 3.63) is 35.5 Å². The fraction of sp³-hybridized carbons (Fsp3) is 0.545. The van der Waals surface area contributed by atoms with Gasteiger partial charge in [-0.1, -0.05) is 12.1 Å². The number of rotatable bonds is 6. The maximum absolute atomic E-state index is 6.08. The third kappa shape index (κ3) is 5.09. The van der Waals surface area contributed by atoms with E-state index in [1.54, 1.807) is 12.0 Å². The van der Waals surface area contributed by atoms with Gasteiger partial charge in [0, 0.05) is 23.3 Å². The minimum Gasteiger partial charge on any atom is -0.497 e. The lowest BCUT2D eigenvalue weighted by Gasteiger charge is -2.32. The van der Waals surface area contributed by atoms with Crippen LogP contribution in [0.3, 0.4) is 0 Å². The summed E-state index contributed by atoms with van der Waals surface area (Å²) in [6, 6.07) is 7.97. The van der Waals surface area contributed by atoms with Crippen molar-refractivity contribution in [1.29, 1.82) is 0 Å². The largest absolute Gasteiger partial charge is 0.497 e. The molecule has 1 fully saturated rings. The van der Waals surface area contributed by atoms with Crippen molar-refractivity contribution in [1.82, 2.24) is 9.97 Å². The van der Waals surface area contributed by atoms with Gasteiger partial charge in [-0.25, -0.2) is 9.97 Å². The van der Waals surface area contributed by atoms with E-state index in [0.717, 1.165) is 78.4 Å². The molecule has 6 nitrogen and oxygen atoms in total. The van der Waals surface area contributed by atoms with Crippen LogP contribution in [0, 0.1) is 0 Å². The minimum atomic E-state index is -0.202. The van der Waals surface area contributed by atoms with E-state index < -0.39 is 0 Å². The Hall–Kier alpha value is -1.67. The lowest BCUT2D eigenvalue weighted by atomic mass is 9.96. The zero-order valence-corrected chi connectivity index (χ0v) is 18.3. The monoisotopic (exact) mass is 416 g/mol. The lowest BCUT2D eigenvalue weighted by Crippen LogP contribution is -3.14. The van der Waals surface area contributed by atoms with Crippen LogP contribution >= 0.6 is 11.8 Å².